The second kappa shape index (κ2) is 6.37. The molecule has 0 aliphatic carbocycles. The molecule has 1 heterocycles. The molecule has 1 N–H and O–H groups in total. The number of rotatable bonds is 5. The van der Waals surface area contributed by atoms with E-state index >= 15 is 0 Å². The first kappa shape index (κ1) is 15.0. The summed E-state index contributed by atoms with van der Waals surface area (Å²) in [5.74, 6) is -0.756. The lowest BCUT2D eigenvalue weighted by atomic mass is 10.2. The third-order valence-electron chi connectivity index (χ3n) is 2.74. The topological polar surface area (TPSA) is 34.4 Å². The van der Waals surface area contributed by atoms with Crippen molar-refractivity contribution in [2.45, 2.75) is 20.1 Å². The van der Waals surface area contributed by atoms with Crippen LogP contribution in [0.1, 0.15) is 17.1 Å². The van der Waals surface area contributed by atoms with Gasteiger partial charge in [0, 0.05) is 4.47 Å². The van der Waals surface area contributed by atoms with E-state index in [1.54, 1.807) is 0 Å². The molecule has 6 heteroatoms. The Labute approximate surface area is 124 Å². The van der Waals surface area contributed by atoms with Crippen molar-refractivity contribution in [3.05, 3.63) is 51.4 Å². The van der Waals surface area contributed by atoms with Gasteiger partial charge in [-0.25, -0.2) is 4.39 Å². The molecule has 0 aliphatic heterocycles. The Balaban J connectivity index is 2.11. The van der Waals surface area contributed by atoms with Crippen LogP contribution in [0.4, 0.5) is 8.78 Å². The molecule has 0 atom stereocenters. The van der Waals surface area contributed by atoms with E-state index < -0.39 is 11.6 Å². The number of furan rings is 1. The zero-order valence-corrected chi connectivity index (χ0v) is 12.7. The summed E-state index contributed by atoms with van der Waals surface area (Å²) >= 11 is 3.09. The van der Waals surface area contributed by atoms with Crippen LogP contribution in [0.3, 0.4) is 0 Å². The Kier molecular flexibility index (Phi) is 4.77. The van der Waals surface area contributed by atoms with E-state index in [-0.39, 0.29) is 12.4 Å². The lowest BCUT2D eigenvalue weighted by Gasteiger charge is -2.06. The first-order valence-corrected chi connectivity index (χ1v) is 6.80. The van der Waals surface area contributed by atoms with Crippen molar-refractivity contribution in [3.8, 4) is 5.75 Å². The van der Waals surface area contributed by atoms with Gasteiger partial charge in [0.25, 0.3) is 0 Å². The minimum atomic E-state index is -1.01. The molecule has 0 saturated heterocycles. The number of benzene rings is 1. The molecule has 0 unspecified atom stereocenters. The smallest absolute Gasteiger partial charge is 0.200 e. The highest BCUT2D eigenvalue weighted by molar-refractivity contribution is 9.10. The van der Waals surface area contributed by atoms with Crippen molar-refractivity contribution < 1.29 is 17.9 Å². The number of hydrogen-bond acceptors (Lipinski definition) is 3. The highest BCUT2D eigenvalue weighted by Crippen LogP contribution is 2.26. The molecule has 0 radical (unpaired) electrons. The van der Waals surface area contributed by atoms with Crippen LogP contribution >= 0.6 is 15.9 Å². The van der Waals surface area contributed by atoms with Gasteiger partial charge in [-0.3, -0.25) is 0 Å². The van der Waals surface area contributed by atoms with E-state index in [1.807, 2.05) is 20.0 Å². The highest BCUT2D eigenvalue weighted by atomic mass is 79.9. The number of ether oxygens (including phenoxy) is 1. The van der Waals surface area contributed by atoms with Crippen LogP contribution in [0.5, 0.6) is 5.75 Å². The maximum absolute atomic E-state index is 13.5. The van der Waals surface area contributed by atoms with Gasteiger partial charge in [-0.15, -0.1) is 0 Å². The fraction of sp³-hybridized carbons (Fsp3) is 0.286. The minimum absolute atomic E-state index is 0.0391. The van der Waals surface area contributed by atoms with Gasteiger partial charge < -0.3 is 14.5 Å². The fourth-order valence-corrected chi connectivity index (χ4v) is 2.19. The van der Waals surface area contributed by atoms with Crippen molar-refractivity contribution >= 4 is 15.9 Å². The fourth-order valence-electron chi connectivity index (χ4n) is 1.78. The molecule has 1 aromatic heterocycles. The summed E-state index contributed by atoms with van der Waals surface area (Å²) in [6.07, 6.45) is 0. The molecule has 1 aromatic carbocycles. The van der Waals surface area contributed by atoms with E-state index in [0.29, 0.717) is 16.8 Å². The average molecular weight is 346 g/mol. The second-order valence-electron chi connectivity index (χ2n) is 4.34. The van der Waals surface area contributed by atoms with Crippen molar-refractivity contribution in [1.82, 2.24) is 5.32 Å². The molecule has 0 bridgehead atoms. The number of halogens is 3. The van der Waals surface area contributed by atoms with Crippen molar-refractivity contribution in [3.63, 3.8) is 0 Å². The van der Waals surface area contributed by atoms with Crippen LogP contribution in [0.2, 0.25) is 0 Å². The Morgan fingerprint density at radius 1 is 1.30 bits per heavy atom. The SMILES string of the molecule is CNCc1oc(COc2cc(Br)cc(F)c2F)cc1C. The van der Waals surface area contributed by atoms with E-state index in [0.717, 1.165) is 17.4 Å². The van der Waals surface area contributed by atoms with Crippen LogP contribution < -0.4 is 10.1 Å². The normalized spacial score (nSPS) is 10.8. The Morgan fingerprint density at radius 3 is 2.75 bits per heavy atom. The van der Waals surface area contributed by atoms with Crippen LogP contribution in [0.25, 0.3) is 0 Å². The summed E-state index contributed by atoms with van der Waals surface area (Å²) in [6.45, 7) is 2.56. The summed E-state index contributed by atoms with van der Waals surface area (Å²) < 4.78 is 38.0. The predicted molar refractivity (Wildman–Crippen MR) is 74.6 cm³/mol. The molecule has 0 spiro atoms. The number of nitrogens with one attached hydrogen (secondary N) is 1. The molecular formula is C14H14BrF2NO2. The molecule has 0 saturated carbocycles. The van der Waals surface area contributed by atoms with Gasteiger partial charge in [-0.05, 0) is 37.7 Å². The van der Waals surface area contributed by atoms with Crippen LogP contribution in [0, 0.1) is 18.6 Å². The van der Waals surface area contributed by atoms with E-state index in [9.17, 15) is 8.78 Å². The highest BCUT2D eigenvalue weighted by Gasteiger charge is 2.13. The third-order valence-corrected chi connectivity index (χ3v) is 3.20. The van der Waals surface area contributed by atoms with Gasteiger partial charge in [-0.2, -0.15) is 4.39 Å². The quantitative estimate of drug-likeness (QED) is 0.834. The van der Waals surface area contributed by atoms with E-state index in [1.165, 1.54) is 6.07 Å². The summed E-state index contributed by atoms with van der Waals surface area (Å²) in [5.41, 5.74) is 0.985. The van der Waals surface area contributed by atoms with Gasteiger partial charge in [0.1, 0.15) is 18.1 Å². The monoisotopic (exact) mass is 345 g/mol. The summed E-state index contributed by atoms with van der Waals surface area (Å²) in [6, 6.07) is 4.24. The lowest BCUT2D eigenvalue weighted by Crippen LogP contribution is -2.04. The Bertz CT molecular complexity index is 613. The lowest BCUT2D eigenvalue weighted by molar-refractivity contribution is 0.250. The van der Waals surface area contributed by atoms with E-state index in [2.05, 4.69) is 21.2 Å². The molecule has 2 rings (SSSR count). The zero-order valence-electron chi connectivity index (χ0n) is 11.1. The summed E-state index contributed by atoms with van der Waals surface area (Å²) in [5, 5.41) is 2.99. The minimum Gasteiger partial charge on any atom is -0.482 e. The number of hydrogen-bond donors (Lipinski definition) is 1. The maximum atomic E-state index is 13.5. The molecule has 0 aliphatic rings. The molecule has 2 aromatic rings. The van der Waals surface area contributed by atoms with Crippen molar-refractivity contribution in [1.29, 1.82) is 0 Å². The standard InChI is InChI=1S/C14H14BrF2NO2/c1-8-3-10(20-13(8)6-18-2)7-19-12-5-9(15)4-11(16)14(12)17/h3-5,18H,6-7H2,1-2H3. The Morgan fingerprint density at radius 2 is 2.05 bits per heavy atom. The molecule has 20 heavy (non-hydrogen) atoms. The van der Waals surface area contributed by atoms with Crippen molar-refractivity contribution in [2.24, 2.45) is 0 Å². The third kappa shape index (κ3) is 3.37. The van der Waals surface area contributed by atoms with Gasteiger partial charge in [0.05, 0.1) is 6.54 Å². The molecule has 3 nitrogen and oxygen atoms in total. The first-order valence-electron chi connectivity index (χ1n) is 6.01. The molecule has 0 fully saturated rings. The number of aryl methyl sites for hydroxylation is 1. The van der Waals surface area contributed by atoms with Gasteiger partial charge in [0.15, 0.2) is 11.6 Å². The predicted octanol–water partition coefficient (Wildman–Crippen LogP) is 3.93. The van der Waals surface area contributed by atoms with Crippen LogP contribution in [0.15, 0.2) is 27.1 Å². The van der Waals surface area contributed by atoms with Gasteiger partial charge in [0.2, 0.25) is 5.82 Å². The molecular weight excluding hydrogens is 332 g/mol. The molecule has 0 amide bonds. The van der Waals surface area contributed by atoms with Gasteiger partial charge >= 0.3 is 0 Å². The summed E-state index contributed by atoms with van der Waals surface area (Å²) in [7, 11) is 1.82. The summed E-state index contributed by atoms with van der Waals surface area (Å²) in [4.78, 5) is 0. The van der Waals surface area contributed by atoms with Gasteiger partial charge in [-0.1, -0.05) is 15.9 Å². The first-order chi connectivity index (χ1) is 9.51. The van der Waals surface area contributed by atoms with Crippen LogP contribution in [-0.4, -0.2) is 7.05 Å². The zero-order chi connectivity index (χ0) is 14.7. The average Bonchev–Trinajstić information content (AvgIpc) is 2.73. The van der Waals surface area contributed by atoms with Crippen molar-refractivity contribution in [2.75, 3.05) is 7.05 Å². The van der Waals surface area contributed by atoms with Crippen LogP contribution in [-0.2, 0) is 13.2 Å². The molecule has 108 valence electrons. The second-order valence-corrected chi connectivity index (χ2v) is 5.25. The van der Waals surface area contributed by atoms with E-state index in [4.69, 9.17) is 9.15 Å². The maximum Gasteiger partial charge on any atom is 0.200 e. The Hall–Kier alpha value is -1.40. The largest absolute Gasteiger partial charge is 0.482 e.